The second kappa shape index (κ2) is 3.68. The van der Waals surface area contributed by atoms with Gasteiger partial charge in [-0.3, -0.25) is 0 Å². The third-order valence-corrected chi connectivity index (χ3v) is 4.30. The van der Waals surface area contributed by atoms with E-state index in [1.54, 1.807) is 0 Å². The molecule has 0 bridgehead atoms. The summed E-state index contributed by atoms with van der Waals surface area (Å²) in [6.45, 7) is 0. The molecule has 0 saturated carbocycles. The predicted molar refractivity (Wildman–Crippen MR) is 51.5 cm³/mol. The maximum absolute atomic E-state index is 12.6. The molecule has 0 aromatic heterocycles. The summed E-state index contributed by atoms with van der Waals surface area (Å²) in [6.07, 6.45) is -1.35. The lowest BCUT2D eigenvalue weighted by molar-refractivity contribution is -0.148. The van der Waals surface area contributed by atoms with Crippen LogP contribution in [0.15, 0.2) is 24.3 Å². The molecule has 0 aliphatic heterocycles. The molecule has 0 aromatic rings. The van der Waals surface area contributed by atoms with Crippen molar-refractivity contribution in [3.63, 3.8) is 0 Å². The molecule has 2 unspecified atom stereocenters. The standard InChI is InChI=1S/C7H5Cl2F3O2S/c8-6(7(10,11)12)4-2-1-3-5(6)15(9,13)14/h1-5H. The summed E-state index contributed by atoms with van der Waals surface area (Å²) < 4.78 is 59.6. The highest BCUT2D eigenvalue weighted by Gasteiger charge is 2.60. The maximum Gasteiger partial charge on any atom is 0.412 e. The van der Waals surface area contributed by atoms with Gasteiger partial charge in [0.1, 0.15) is 5.25 Å². The summed E-state index contributed by atoms with van der Waals surface area (Å²) in [6, 6.07) is 0. The van der Waals surface area contributed by atoms with Gasteiger partial charge in [0.15, 0.2) is 4.87 Å². The second-order valence-corrected chi connectivity index (χ2v) is 6.28. The fourth-order valence-electron chi connectivity index (χ4n) is 1.15. The lowest BCUT2D eigenvalue weighted by atomic mass is 9.99. The van der Waals surface area contributed by atoms with Crippen LogP contribution in [0, 0.1) is 0 Å². The smallest absolute Gasteiger partial charge is 0.212 e. The van der Waals surface area contributed by atoms with E-state index in [9.17, 15) is 21.6 Å². The highest BCUT2D eigenvalue weighted by molar-refractivity contribution is 8.14. The average molecular weight is 281 g/mol. The molecular weight excluding hydrogens is 276 g/mol. The van der Waals surface area contributed by atoms with Crippen molar-refractivity contribution in [3.8, 4) is 0 Å². The van der Waals surface area contributed by atoms with Gasteiger partial charge in [-0.25, -0.2) is 8.42 Å². The molecule has 0 radical (unpaired) electrons. The molecule has 2 atom stereocenters. The lowest BCUT2D eigenvalue weighted by Crippen LogP contribution is -2.50. The van der Waals surface area contributed by atoms with E-state index in [0.29, 0.717) is 6.08 Å². The summed E-state index contributed by atoms with van der Waals surface area (Å²) in [5.74, 6) is 0. The molecule has 1 aliphatic carbocycles. The quantitative estimate of drug-likeness (QED) is 0.547. The van der Waals surface area contributed by atoms with Crippen LogP contribution < -0.4 is 0 Å². The molecule has 2 nitrogen and oxygen atoms in total. The topological polar surface area (TPSA) is 34.1 Å². The van der Waals surface area contributed by atoms with Crippen molar-refractivity contribution >= 4 is 31.3 Å². The molecule has 8 heteroatoms. The van der Waals surface area contributed by atoms with Crippen LogP contribution in [0.3, 0.4) is 0 Å². The van der Waals surface area contributed by atoms with Crippen molar-refractivity contribution in [1.82, 2.24) is 0 Å². The van der Waals surface area contributed by atoms with Crippen LogP contribution in [0.1, 0.15) is 0 Å². The van der Waals surface area contributed by atoms with E-state index in [2.05, 4.69) is 0 Å². The highest BCUT2D eigenvalue weighted by atomic mass is 35.7. The molecule has 15 heavy (non-hydrogen) atoms. The van der Waals surface area contributed by atoms with E-state index in [4.69, 9.17) is 22.3 Å². The van der Waals surface area contributed by atoms with Crippen LogP contribution in [0.25, 0.3) is 0 Å². The van der Waals surface area contributed by atoms with Crippen LogP contribution in [0.4, 0.5) is 13.2 Å². The molecule has 1 aliphatic rings. The Bertz CT molecular complexity index is 412. The van der Waals surface area contributed by atoms with Crippen LogP contribution in [0.5, 0.6) is 0 Å². The minimum atomic E-state index is -4.90. The van der Waals surface area contributed by atoms with Gasteiger partial charge in [0.25, 0.3) is 0 Å². The highest BCUT2D eigenvalue weighted by Crippen LogP contribution is 2.45. The molecule has 0 N–H and O–H groups in total. The van der Waals surface area contributed by atoms with E-state index in [-0.39, 0.29) is 0 Å². The molecule has 0 fully saturated rings. The number of alkyl halides is 4. The fraction of sp³-hybridized carbons (Fsp3) is 0.429. The van der Waals surface area contributed by atoms with Crippen molar-refractivity contribution in [3.05, 3.63) is 24.3 Å². The molecular formula is C7H5Cl2F3O2S. The zero-order valence-corrected chi connectivity index (χ0v) is 9.33. The van der Waals surface area contributed by atoms with Gasteiger partial charge < -0.3 is 0 Å². The Morgan fingerprint density at radius 3 is 2.13 bits per heavy atom. The third-order valence-electron chi connectivity index (χ3n) is 1.89. The van der Waals surface area contributed by atoms with Gasteiger partial charge in [-0.2, -0.15) is 13.2 Å². The summed E-state index contributed by atoms with van der Waals surface area (Å²) in [5.41, 5.74) is 0. The van der Waals surface area contributed by atoms with Crippen LogP contribution >= 0.6 is 22.3 Å². The normalized spacial score (nSPS) is 31.9. The van der Waals surface area contributed by atoms with Crippen LogP contribution in [-0.2, 0) is 9.05 Å². The number of hydrogen-bond acceptors (Lipinski definition) is 2. The van der Waals surface area contributed by atoms with Gasteiger partial charge in [-0.1, -0.05) is 24.3 Å². The molecule has 1 rings (SSSR count). The van der Waals surface area contributed by atoms with Crippen molar-refractivity contribution < 1.29 is 21.6 Å². The predicted octanol–water partition coefficient (Wildman–Crippen LogP) is 2.59. The largest absolute Gasteiger partial charge is 0.412 e. The van der Waals surface area contributed by atoms with E-state index in [1.165, 1.54) is 0 Å². The zero-order valence-electron chi connectivity index (χ0n) is 7.00. The molecule has 0 spiro atoms. The lowest BCUT2D eigenvalue weighted by Gasteiger charge is -2.32. The Morgan fingerprint density at radius 1 is 1.27 bits per heavy atom. The first-order valence-electron chi connectivity index (χ1n) is 3.64. The molecule has 0 saturated heterocycles. The number of hydrogen-bond donors (Lipinski definition) is 0. The first kappa shape index (κ1) is 12.9. The first-order chi connectivity index (χ1) is 6.59. The first-order valence-corrected chi connectivity index (χ1v) is 6.39. The maximum atomic E-state index is 12.6. The van der Waals surface area contributed by atoms with Gasteiger partial charge in [0.05, 0.1) is 0 Å². The molecule has 0 amide bonds. The Kier molecular flexibility index (Phi) is 3.15. The van der Waals surface area contributed by atoms with Crippen molar-refractivity contribution in [2.75, 3.05) is 0 Å². The van der Waals surface area contributed by atoms with Crippen molar-refractivity contribution in [2.24, 2.45) is 0 Å². The summed E-state index contributed by atoms with van der Waals surface area (Å²) in [4.78, 5) is -3.00. The van der Waals surface area contributed by atoms with E-state index < -0.39 is 25.4 Å². The average Bonchev–Trinajstić information content (AvgIpc) is 2.00. The Balaban J connectivity index is 3.29. The molecule has 86 valence electrons. The number of rotatable bonds is 1. The Labute approximate surface area is 93.8 Å². The molecule has 0 heterocycles. The van der Waals surface area contributed by atoms with E-state index >= 15 is 0 Å². The van der Waals surface area contributed by atoms with Gasteiger partial charge in [-0.15, -0.1) is 11.6 Å². The minimum Gasteiger partial charge on any atom is -0.212 e. The monoisotopic (exact) mass is 280 g/mol. The fourth-order valence-corrected chi connectivity index (χ4v) is 3.28. The van der Waals surface area contributed by atoms with Crippen molar-refractivity contribution in [2.45, 2.75) is 16.3 Å². The van der Waals surface area contributed by atoms with Gasteiger partial charge >= 0.3 is 6.18 Å². The van der Waals surface area contributed by atoms with Crippen LogP contribution in [-0.4, -0.2) is 24.7 Å². The van der Waals surface area contributed by atoms with Gasteiger partial charge in [0.2, 0.25) is 9.05 Å². The second-order valence-electron chi connectivity index (χ2n) is 2.91. The Hall–Kier alpha value is -0.200. The van der Waals surface area contributed by atoms with Gasteiger partial charge in [0, 0.05) is 10.7 Å². The van der Waals surface area contributed by atoms with Crippen LogP contribution in [0.2, 0.25) is 0 Å². The Morgan fingerprint density at radius 2 is 1.80 bits per heavy atom. The van der Waals surface area contributed by atoms with Crippen molar-refractivity contribution in [1.29, 1.82) is 0 Å². The SMILES string of the molecule is O=S(=O)(Cl)C1C=CC=CC1(Cl)C(F)(F)F. The van der Waals surface area contributed by atoms with E-state index in [0.717, 1.165) is 18.2 Å². The summed E-state index contributed by atoms with van der Waals surface area (Å²) >= 11 is 5.28. The minimum absolute atomic E-state index is 0.569. The van der Waals surface area contributed by atoms with Gasteiger partial charge in [-0.05, 0) is 0 Å². The molecule has 0 aromatic carbocycles. The number of halogens is 5. The summed E-state index contributed by atoms with van der Waals surface area (Å²) in [7, 11) is 0.471. The summed E-state index contributed by atoms with van der Waals surface area (Å²) in [5, 5.41) is -2.02. The third kappa shape index (κ3) is 2.32. The number of allylic oxidation sites excluding steroid dienone is 3. The van der Waals surface area contributed by atoms with E-state index in [1.807, 2.05) is 0 Å². The zero-order chi connectivity index (χ0) is 11.9.